The second-order valence-electron chi connectivity index (χ2n) is 4.52. The van der Waals surface area contributed by atoms with E-state index in [9.17, 15) is 14.7 Å². The molecule has 0 aromatic rings. The van der Waals surface area contributed by atoms with E-state index in [0.717, 1.165) is 6.42 Å². The summed E-state index contributed by atoms with van der Waals surface area (Å²) in [7, 11) is 0. The van der Waals surface area contributed by atoms with Crippen molar-refractivity contribution in [2.75, 3.05) is 32.1 Å². The Morgan fingerprint density at radius 3 is 2.60 bits per heavy atom. The van der Waals surface area contributed by atoms with Gasteiger partial charge in [-0.25, -0.2) is 9.59 Å². The van der Waals surface area contributed by atoms with Gasteiger partial charge in [0.2, 0.25) is 0 Å². The Morgan fingerprint density at radius 2 is 2.10 bits per heavy atom. The molecule has 1 saturated heterocycles. The molecule has 0 saturated carbocycles. The first kappa shape index (κ1) is 17.1. The molecule has 0 aliphatic carbocycles. The van der Waals surface area contributed by atoms with Gasteiger partial charge in [-0.1, -0.05) is 6.92 Å². The molecule has 1 aliphatic heterocycles. The van der Waals surface area contributed by atoms with E-state index in [-0.39, 0.29) is 11.4 Å². The molecular formula is C13H24N2O4S. The van der Waals surface area contributed by atoms with Gasteiger partial charge < -0.3 is 14.7 Å². The van der Waals surface area contributed by atoms with Crippen molar-refractivity contribution in [2.24, 2.45) is 0 Å². The van der Waals surface area contributed by atoms with Crippen molar-refractivity contribution in [3.63, 3.8) is 0 Å². The van der Waals surface area contributed by atoms with Crippen LogP contribution in [0.5, 0.6) is 0 Å². The number of hydrogen-bond acceptors (Lipinski definition) is 4. The molecule has 6 nitrogen and oxygen atoms in total. The van der Waals surface area contributed by atoms with Crippen LogP contribution in [0.2, 0.25) is 0 Å². The third-order valence-electron chi connectivity index (χ3n) is 3.31. The summed E-state index contributed by atoms with van der Waals surface area (Å²) < 4.78 is 5.27. The Labute approximate surface area is 124 Å². The summed E-state index contributed by atoms with van der Waals surface area (Å²) >= 11 is 1.54. The number of carboxylic acids is 1. The fourth-order valence-electron chi connectivity index (χ4n) is 2.20. The molecule has 116 valence electrons. The van der Waals surface area contributed by atoms with E-state index in [0.29, 0.717) is 32.1 Å². The van der Waals surface area contributed by atoms with E-state index >= 15 is 0 Å². The highest BCUT2D eigenvalue weighted by Crippen LogP contribution is 2.32. The lowest BCUT2D eigenvalue weighted by molar-refractivity contribution is -0.141. The molecule has 0 spiro atoms. The lowest BCUT2D eigenvalue weighted by atomic mass is 10.2. The molecule has 0 aromatic heterocycles. The first-order valence-electron chi connectivity index (χ1n) is 7.06. The average molecular weight is 304 g/mol. The topological polar surface area (TPSA) is 70.1 Å². The first-order valence-corrected chi connectivity index (χ1v) is 8.10. The minimum absolute atomic E-state index is 0.0512. The Hall–Kier alpha value is -0.950. The summed E-state index contributed by atoms with van der Waals surface area (Å²) in [5.41, 5.74) is 0. The summed E-state index contributed by atoms with van der Waals surface area (Å²) in [5, 5.41) is 9.21. The van der Waals surface area contributed by atoms with Crippen LogP contribution in [0.15, 0.2) is 0 Å². The number of carbonyl (C=O) groups is 2. The third kappa shape index (κ3) is 4.02. The minimum Gasteiger partial charge on any atom is -0.480 e. The summed E-state index contributed by atoms with van der Waals surface area (Å²) in [6, 6.07) is -0.921. The maximum Gasteiger partial charge on any atom is 0.327 e. The van der Waals surface area contributed by atoms with Gasteiger partial charge in [0.15, 0.2) is 0 Å². The predicted octanol–water partition coefficient (Wildman–Crippen LogP) is 1.70. The van der Waals surface area contributed by atoms with Crippen LogP contribution in [-0.2, 0) is 9.53 Å². The van der Waals surface area contributed by atoms with Crippen LogP contribution in [0.4, 0.5) is 4.79 Å². The van der Waals surface area contributed by atoms with Crippen molar-refractivity contribution in [2.45, 2.75) is 38.6 Å². The van der Waals surface area contributed by atoms with Gasteiger partial charge in [0.05, 0.1) is 12.0 Å². The smallest absolute Gasteiger partial charge is 0.327 e. The SMILES string of the molecule is CCOCCN(CC)C(=O)N1C(CC)SCC1C(=O)O. The molecule has 1 heterocycles. The normalized spacial score (nSPS) is 22.1. The minimum atomic E-state index is -0.928. The summed E-state index contributed by atoms with van der Waals surface area (Å²) in [6.07, 6.45) is 0.753. The second-order valence-corrected chi connectivity index (χ2v) is 5.73. The standard InChI is InChI=1S/C13H24N2O4S/c1-4-11-15(10(9-20-11)12(16)17)13(18)14(5-2)7-8-19-6-3/h10-11H,4-9H2,1-3H3,(H,16,17). The molecule has 2 atom stereocenters. The van der Waals surface area contributed by atoms with E-state index in [1.807, 2.05) is 20.8 Å². The Kier molecular flexibility index (Phi) is 7.15. The van der Waals surface area contributed by atoms with E-state index in [1.54, 1.807) is 4.90 Å². The molecule has 7 heteroatoms. The summed E-state index contributed by atoms with van der Waals surface area (Å²) in [4.78, 5) is 27.0. The number of rotatable bonds is 7. The van der Waals surface area contributed by atoms with E-state index in [1.165, 1.54) is 16.7 Å². The fraction of sp³-hybridized carbons (Fsp3) is 0.846. The quantitative estimate of drug-likeness (QED) is 0.725. The second kappa shape index (κ2) is 8.36. The number of thioether (sulfide) groups is 1. The number of likely N-dealkylation sites (N-methyl/N-ethyl adjacent to an activating group) is 1. The van der Waals surface area contributed by atoms with Gasteiger partial charge >= 0.3 is 12.0 Å². The van der Waals surface area contributed by atoms with Crippen molar-refractivity contribution in [1.29, 1.82) is 0 Å². The lowest BCUT2D eigenvalue weighted by Crippen LogP contribution is -2.52. The highest BCUT2D eigenvalue weighted by molar-refractivity contribution is 8.00. The van der Waals surface area contributed by atoms with Crippen LogP contribution in [0.1, 0.15) is 27.2 Å². The van der Waals surface area contributed by atoms with E-state index < -0.39 is 12.0 Å². The first-order chi connectivity index (χ1) is 9.56. The van der Waals surface area contributed by atoms with Crippen LogP contribution in [0.3, 0.4) is 0 Å². The molecule has 1 fully saturated rings. The fourth-order valence-corrected chi connectivity index (χ4v) is 3.54. The highest BCUT2D eigenvalue weighted by atomic mass is 32.2. The van der Waals surface area contributed by atoms with E-state index in [4.69, 9.17) is 4.74 Å². The molecule has 1 rings (SSSR count). The summed E-state index contributed by atoms with van der Waals surface area (Å²) in [6.45, 7) is 7.90. The Balaban J connectivity index is 2.75. The van der Waals surface area contributed by atoms with E-state index in [2.05, 4.69) is 0 Å². The molecule has 0 aromatic carbocycles. The number of urea groups is 1. The van der Waals surface area contributed by atoms with Crippen LogP contribution < -0.4 is 0 Å². The van der Waals surface area contributed by atoms with Crippen molar-refractivity contribution in [1.82, 2.24) is 9.80 Å². The number of ether oxygens (including phenoxy) is 1. The maximum absolute atomic E-state index is 12.6. The molecular weight excluding hydrogens is 280 g/mol. The van der Waals surface area contributed by atoms with Crippen molar-refractivity contribution >= 4 is 23.8 Å². The van der Waals surface area contributed by atoms with Gasteiger partial charge in [0, 0.05) is 25.4 Å². The summed E-state index contributed by atoms with van der Waals surface area (Å²) in [5.74, 6) is -0.467. The van der Waals surface area contributed by atoms with Gasteiger partial charge in [0.25, 0.3) is 0 Å². The zero-order chi connectivity index (χ0) is 15.1. The van der Waals surface area contributed by atoms with Crippen LogP contribution >= 0.6 is 11.8 Å². The number of carbonyl (C=O) groups excluding carboxylic acids is 1. The molecule has 2 amide bonds. The average Bonchev–Trinajstić information content (AvgIpc) is 2.87. The van der Waals surface area contributed by atoms with Crippen LogP contribution in [-0.4, -0.2) is 70.4 Å². The Bertz CT molecular complexity index is 340. The zero-order valence-corrected chi connectivity index (χ0v) is 13.2. The largest absolute Gasteiger partial charge is 0.480 e. The third-order valence-corrected chi connectivity index (χ3v) is 4.76. The predicted molar refractivity (Wildman–Crippen MR) is 78.9 cm³/mol. The van der Waals surface area contributed by atoms with Gasteiger partial charge in [-0.05, 0) is 20.3 Å². The number of aliphatic carboxylic acids is 1. The van der Waals surface area contributed by atoms with Crippen LogP contribution in [0, 0.1) is 0 Å². The van der Waals surface area contributed by atoms with Gasteiger partial charge in [-0.15, -0.1) is 11.8 Å². The Morgan fingerprint density at radius 1 is 1.40 bits per heavy atom. The molecule has 1 aliphatic rings. The monoisotopic (exact) mass is 304 g/mol. The van der Waals surface area contributed by atoms with Crippen LogP contribution in [0.25, 0.3) is 0 Å². The molecule has 2 unspecified atom stereocenters. The van der Waals surface area contributed by atoms with Gasteiger partial charge in [-0.3, -0.25) is 4.90 Å². The van der Waals surface area contributed by atoms with Crippen molar-refractivity contribution in [3.8, 4) is 0 Å². The zero-order valence-electron chi connectivity index (χ0n) is 12.4. The molecule has 20 heavy (non-hydrogen) atoms. The number of nitrogens with zero attached hydrogens (tertiary/aromatic N) is 2. The number of hydrogen-bond donors (Lipinski definition) is 1. The van der Waals surface area contributed by atoms with Crippen molar-refractivity contribution < 1.29 is 19.4 Å². The van der Waals surface area contributed by atoms with Gasteiger partial charge in [0.1, 0.15) is 6.04 Å². The van der Waals surface area contributed by atoms with Crippen molar-refractivity contribution in [3.05, 3.63) is 0 Å². The number of carboxylic acid groups (broad SMARTS) is 1. The maximum atomic E-state index is 12.6. The lowest BCUT2D eigenvalue weighted by Gasteiger charge is -2.32. The highest BCUT2D eigenvalue weighted by Gasteiger charge is 2.42. The molecule has 0 radical (unpaired) electrons. The van der Waals surface area contributed by atoms with Gasteiger partial charge in [-0.2, -0.15) is 0 Å². The molecule has 0 bridgehead atoms. The number of amides is 2. The molecule has 1 N–H and O–H groups in total.